The molecule has 0 aromatic heterocycles. The highest BCUT2D eigenvalue weighted by Gasteiger charge is 2.21. The molecule has 0 bridgehead atoms. The number of halogens is 3. The molecule has 128 valence electrons. The molecule has 24 heavy (non-hydrogen) atoms. The molecule has 0 atom stereocenters. The summed E-state index contributed by atoms with van der Waals surface area (Å²) < 4.78 is 24.9. The smallest absolute Gasteiger partial charge is 0.245 e. The van der Waals surface area contributed by atoms with Crippen LogP contribution in [0.1, 0.15) is 0 Å². The molecule has 0 aliphatic rings. The summed E-state index contributed by atoms with van der Waals surface area (Å²) in [6.07, 6.45) is 1.02. The molecule has 0 heterocycles. The Labute approximate surface area is 155 Å². The minimum absolute atomic E-state index is 0.284. The number of hydrogen-bond donors (Lipinski definition) is 1. The molecule has 0 aliphatic carbocycles. The highest BCUT2D eigenvalue weighted by atomic mass is 35.5. The Morgan fingerprint density at radius 1 is 1.04 bits per heavy atom. The van der Waals surface area contributed by atoms with Gasteiger partial charge in [-0.25, -0.2) is 8.42 Å². The van der Waals surface area contributed by atoms with Crippen LogP contribution in [0.2, 0.25) is 15.1 Å². The van der Waals surface area contributed by atoms with Gasteiger partial charge in [-0.3, -0.25) is 9.10 Å². The third-order valence-electron chi connectivity index (χ3n) is 3.01. The average molecular weight is 408 g/mol. The van der Waals surface area contributed by atoms with Crippen molar-refractivity contribution in [2.75, 3.05) is 22.4 Å². The lowest BCUT2D eigenvalue weighted by Crippen LogP contribution is -2.37. The predicted octanol–water partition coefficient (Wildman–Crippen LogP) is 4.05. The zero-order valence-electron chi connectivity index (χ0n) is 12.5. The summed E-state index contributed by atoms with van der Waals surface area (Å²) in [7, 11) is -3.65. The van der Waals surface area contributed by atoms with Crippen molar-refractivity contribution in [3.05, 3.63) is 57.5 Å². The number of nitrogens with zero attached hydrogens (tertiary/aromatic N) is 1. The molecule has 1 amide bonds. The van der Waals surface area contributed by atoms with Crippen molar-refractivity contribution < 1.29 is 13.2 Å². The van der Waals surface area contributed by atoms with Crippen molar-refractivity contribution in [1.82, 2.24) is 0 Å². The Balaban J connectivity index is 2.18. The fourth-order valence-electron chi connectivity index (χ4n) is 1.91. The van der Waals surface area contributed by atoms with Crippen LogP contribution in [0.4, 0.5) is 11.4 Å². The molecule has 0 radical (unpaired) electrons. The molecule has 2 rings (SSSR count). The summed E-state index contributed by atoms with van der Waals surface area (Å²) in [5.74, 6) is -0.520. The molecule has 0 fully saturated rings. The van der Waals surface area contributed by atoms with Crippen molar-refractivity contribution in [1.29, 1.82) is 0 Å². The molecule has 2 aromatic carbocycles. The Hall–Kier alpha value is -1.47. The lowest BCUT2D eigenvalue weighted by atomic mass is 10.3. The van der Waals surface area contributed by atoms with Gasteiger partial charge in [0, 0.05) is 10.7 Å². The van der Waals surface area contributed by atoms with E-state index in [0.717, 1.165) is 10.6 Å². The predicted molar refractivity (Wildman–Crippen MR) is 98.7 cm³/mol. The fourth-order valence-corrected chi connectivity index (χ4v) is 3.19. The van der Waals surface area contributed by atoms with Gasteiger partial charge >= 0.3 is 0 Å². The molecular weight excluding hydrogens is 395 g/mol. The molecule has 5 nitrogen and oxygen atoms in total. The Morgan fingerprint density at radius 2 is 1.67 bits per heavy atom. The van der Waals surface area contributed by atoms with Crippen molar-refractivity contribution >= 4 is 62.1 Å². The highest BCUT2D eigenvalue weighted by Crippen LogP contribution is 2.25. The summed E-state index contributed by atoms with van der Waals surface area (Å²) in [6.45, 7) is -0.388. The monoisotopic (exact) mass is 406 g/mol. The molecule has 0 saturated heterocycles. The average Bonchev–Trinajstić information content (AvgIpc) is 2.49. The standard InChI is InChI=1S/C15H13Cl3N2O3S/c1-24(22,23)20(12-5-2-10(16)3-6-12)9-15(21)19-11-4-7-13(17)14(18)8-11/h2-8H,9H2,1H3,(H,19,21). The van der Waals surface area contributed by atoms with Gasteiger partial charge in [0.1, 0.15) is 6.54 Å². The van der Waals surface area contributed by atoms with Gasteiger partial charge in [0.25, 0.3) is 0 Å². The first-order valence-electron chi connectivity index (χ1n) is 6.65. The summed E-state index contributed by atoms with van der Waals surface area (Å²) in [6, 6.07) is 10.7. The first-order valence-corrected chi connectivity index (χ1v) is 9.63. The van der Waals surface area contributed by atoms with Gasteiger partial charge < -0.3 is 5.32 Å². The van der Waals surface area contributed by atoms with Gasteiger partial charge in [0.15, 0.2) is 0 Å². The number of sulfonamides is 1. The Kier molecular flexibility index (Phi) is 5.98. The number of carbonyl (C=O) groups excluding carboxylic acids is 1. The van der Waals surface area contributed by atoms with Crippen LogP contribution in [-0.4, -0.2) is 27.1 Å². The Morgan fingerprint density at radius 3 is 2.21 bits per heavy atom. The number of nitrogens with one attached hydrogen (secondary N) is 1. The van der Waals surface area contributed by atoms with Crippen LogP contribution in [0.15, 0.2) is 42.5 Å². The van der Waals surface area contributed by atoms with E-state index in [1.54, 1.807) is 18.2 Å². The normalized spacial score (nSPS) is 11.2. The van der Waals surface area contributed by atoms with Gasteiger partial charge in [-0.2, -0.15) is 0 Å². The number of rotatable bonds is 5. The number of amides is 1. The zero-order chi connectivity index (χ0) is 17.9. The van der Waals surface area contributed by atoms with E-state index < -0.39 is 15.9 Å². The summed E-state index contributed by atoms with van der Waals surface area (Å²) in [5, 5.41) is 3.68. The van der Waals surface area contributed by atoms with Crippen LogP contribution >= 0.6 is 34.8 Å². The molecule has 2 aromatic rings. The van der Waals surface area contributed by atoms with Gasteiger partial charge in [0.2, 0.25) is 15.9 Å². The van der Waals surface area contributed by atoms with E-state index in [1.165, 1.54) is 24.3 Å². The third kappa shape index (κ3) is 5.01. The molecule has 9 heteroatoms. The lowest BCUT2D eigenvalue weighted by molar-refractivity contribution is -0.114. The van der Waals surface area contributed by atoms with Crippen LogP contribution in [-0.2, 0) is 14.8 Å². The van der Waals surface area contributed by atoms with Crippen molar-refractivity contribution in [3.63, 3.8) is 0 Å². The van der Waals surface area contributed by atoms with E-state index in [9.17, 15) is 13.2 Å². The van der Waals surface area contributed by atoms with E-state index in [2.05, 4.69) is 5.32 Å². The lowest BCUT2D eigenvalue weighted by Gasteiger charge is -2.22. The van der Waals surface area contributed by atoms with Gasteiger partial charge in [0.05, 0.1) is 22.0 Å². The van der Waals surface area contributed by atoms with Crippen LogP contribution in [0.3, 0.4) is 0 Å². The molecule has 0 unspecified atom stereocenters. The fraction of sp³-hybridized carbons (Fsp3) is 0.133. The SMILES string of the molecule is CS(=O)(=O)N(CC(=O)Nc1ccc(Cl)c(Cl)c1)c1ccc(Cl)cc1. The maximum Gasteiger partial charge on any atom is 0.245 e. The van der Waals surface area contributed by atoms with Crippen molar-refractivity contribution in [3.8, 4) is 0 Å². The van der Waals surface area contributed by atoms with E-state index >= 15 is 0 Å². The van der Waals surface area contributed by atoms with Crippen molar-refractivity contribution in [2.24, 2.45) is 0 Å². The maximum absolute atomic E-state index is 12.2. The maximum atomic E-state index is 12.2. The summed E-state index contributed by atoms with van der Waals surface area (Å²) in [5.41, 5.74) is 0.755. The Bertz CT molecular complexity index is 855. The van der Waals surface area contributed by atoms with E-state index in [1.807, 2.05) is 0 Å². The van der Waals surface area contributed by atoms with Crippen LogP contribution in [0.25, 0.3) is 0 Å². The third-order valence-corrected chi connectivity index (χ3v) is 5.14. The topological polar surface area (TPSA) is 66.5 Å². The largest absolute Gasteiger partial charge is 0.324 e. The van der Waals surface area contributed by atoms with Gasteiger partial charge in [-0.15, -0.1) is 0 Å². The molecular formula is C15H13Cl3N2O3S. The number of anilines is 2. The minimum Gasteiger partial charge on any atom is -0.324 e. The molecule has 0 aliphatic heterocycles. The van der Waals surface area contributed by atoms with E-state index in [0.29, 0.717) is 21.4 Å². The van der Waals surface area contributed by atoms with Gasteiger partial charge in [-0.1, -0.05) is 34.8 Å². The van der Waals surface area contributed by atoms with Crippen LogP contribution in [0, 0.1) is 0 Å². The second-order valence-electron chi connectivity index (χ2n) is 4.92. The van der Waals surface area contributed by atoms with Crippen LogP contribution < -0.4 is 9.62 Å². The number of carbonyl (C=O) groups is 1. The summed E-state index contributed by atoms with van der Waals surface area (Å²) in [4.78, 5) is 12.2. The van der Waals surface area contributed by atoms with Crippen LogP contribution in [0.5, 0.6) is 0 Å². The first-order chi connectivity index (χ1) is 11.2. The van der Waals surface area contributed by atoms with Crippen molar-refractivity contribution in [2.45, 2.75) is 0 Å². The molecule has 1 N–H and O–H groups in total. The minimum atomic E-state index is -3.65. The number of benzene rings is 2. The summed E-state index contributed by atoms with van der Waals surface area (Å²) >= 11 is 17.5. The molecule has 0 spiro atoms. The van der Waals surface area contributed by atoms with Gasteiger partial charge in [-0.05, 0) is 42.5 Å². The quantitative estimate of drug-likeness (QED) is 0.813. The van der Waals surface area contributed by atoms with E-state index in [-0.39, 0.29) is 11.6 Å². The second-order valence-corrected chi connectivity index (χ2v) is 8.08. The zero-order valence-corrected chi connectivity index (χ0v) is 15.5. The number of hydrogen-bond acceptors (Lipinski definition) is 3. The highest BCUT2D eigenvalue weighted by molar-refractivity contribution is 7.92. The first kappa shape index (κ1) is 18.9. The van der Waals surface area contributed by atoms with E-state index in [4.69, 9.17) is 34.8 Å². The second kappa shape index (κ2) is 7.61. The molecule has 0 saturated carbocycles.